The molecule has 2 heterocycles. The highest BCUT2D eigenvalue weighted by atomic mass is 127. The van der Waals surface area contributed by atoms with Gasteiger partial charge in [0.1, 0.15) is 0 Å². The van der Waals surface area contributed by atoms with Crippen molar-refractivity contribution in [3.8, 4) is 0 Å². The summed E-state index contributed by atoms with van der Waals surface area (Å²) in [5.74, 6) is 1.14. The van der Waals surface area contributed by atoms with E-state index in [0.717, 1.165) is 45.2 Å². The number of aliphatic imine (C=N–C) groups is 1. The normalized spacial score (nSPS) is 21.6. The van der Waals surface area contributed by atoms with Crippen molar-refractivity contribution in [1.29, 1.82) is 0 Å². The Labute approximate surface area is 185 Å². The van der Waals surface area contributed by atoms with Gasteiger partial charge < -0.3 is 15.1 Å². The molecule has 27 heavy (non-hydrogen) atoms. The molecule has 1 atom stereocenters. The van der Waals surface area contributed by atoms with Crippen LogP contribution in [0.2, 0.25) is 0 Å². The Morgan fingerprint density at radius 2 is 1.74 bits per heavy atom. The van der Waals surface area contributed by atoms with E-state index in [4.69, 9.17) is 4.99 Å². The first-order valence-corrected chi connectivity index (χ1v) is 11.3. The minimum absolute atomic E-state index is 0. The Kier molecular flexibility index (Phi) is 13.7. The van der Waals surface area contributed by atoms with E-state index < -0.39 is 0 Å². The molecule has 2 rings (SSSR count). The van der Waals surface area contributed by atoms with Crippen molar-refractivity contribution in [2.24, 2.45) is 4.99 Å². The first-order chi connectivity index (χ1) is 12.8. The fraction of sp³-hybridized carbons (Fsp3) is 0.952. The molecular weight excluding hydrogens is 449 g/mol. The molecular formula is C21H44IN5. The topological polar surface area (TPSA) is 34.1 Å². The Morgan fingerprint density at radius 3 is 2.41 bits per heavy atom. The largest absolute Gasteiger partial charge is 0.357 e. The number of halogens is 1. The highest BCUT2D eigenvalue weighted by Gasteiger charge is 2.27. The van der Waals surface area contributed by atoms with E-state index in [0.29, 0.717) is 6.04 Å². The van der Waals surface area contributed by atoms with Crippen molar-refractivity contribution < 1.29 is 0 Å². The Hall–Kier alpha value is -0.0800. The lowest BCUT2D eigenvalue weighted by atomic mass is 10.1. The van der Waals surface area contributed by atoms with Gasteiger partial charge in [0.25, 0.3) is 0 Å². The molecule has 2 aliphatic heterocycles. The second-order valence-electron chi connectivity index (χ2n) is 7.81. The van der Waals surface area contributed by atoms with Crippen LogP contribution in [0.15, 0.2) is 4.99 Å². The SMILES string of the molecule is CCNC(=NCCCCCN1CCCCC1)N1CCC(N(CC)CC)C1.I. The zero-order valence-corrected chi connectivity index (χ0v) is 20.4. The van der Waals surface area contributed by atoms with Gasteiger partial charge in [-0.25, -0.2) is 0 Å². The van der Waals surface area contributed by atoms with Crippen LogP contribution in [0.4, 0.5) is 0 Å². The number of guanidine groups is 1. The highest BCUT2D eigenvalue weighted by molar-refractivity contribution is 14.0. The molecule has 2 saturated heterocycles. The van der Waals surface area contributed by atoms with Gasteiger partial charge in [-0.1, -0.05) is 26.7 Å². The molecule has 0 aliphatic carbocycles. The molecule has 0 bridgehead atoms. The molecule has 0 spiro atoms. The van der Waals surface area contributed by atoms with Gasteiger partial charge in [-0.3, -0.25) is 9.89 Å². The van der Waals surface area contributed by atoms with E-state index >= 15 is 0 Å². The van der Waals surface area contributed by atoms with Crippen LogP contribution >= 0.6 is 24.0 Å². The van der Waals surface area contributed by atoms with Crippen LogP contribution in [0, 0.1) is 0 Å². The third-order valence-corrected chi connectivity index (χ3v) is 5.97. The lowest BCUT2D eigenvalue weighted by Gasteiger charge is -2.27. The molecule has 2 aliphatic rings. The zero-order valence-electron chi connectivity index (χ0n) is 18.1. The third-order valence-electron chi connectivity index (χ3n) is 5.97. The van der Waals surface area contributed by atoms with Crippen LogP contribution in [-0.4, -0.2) is 85.6 Å². The summed E-state index contributed by atoms with van der Waals surface area (Å²) >= 11 is 0. The third kappa shape index (κ3) is 8.86. The maximum atomic E-state index is 4.92. The molecule has 0 amide bonds. The fourth-order valence-corrected chi connectivity index (χ4v) is 4.39. The molecule has 2 fully saturated rings. The zero-order chi connectivity index (χ0) is 18.6. The van der Waals surface area contributed by atoms with Crippen LogP contribution in [0.25, 0.3) is 0 Å². The summed E-state index contributed by atoms with van der Waals surface area (Å²) in [7, 11) is 0. The van der Waals surface area contributed by atoms with E-state index in [1.807, 2.05) is 0 Å². The second-order valence-corrected chi connectivity index (χ2v) is 7.81. The van der Waals surface area contributed by atoms with Crippen LogP contribution in [0.5, 0.6) is 0 Å². The number of nitrogens with one attached hydrogen (secondary N) is 1. The number of nitrogens with zero attached hydrogens (tertiary/aromatic N) is 4. The smallest absolute Gasteiger partial charge is 0.193 e. The van der Waals surface area contributed by atoms with Crippen LogP contribution in [0.1, 0.15) is 65.7 Å². The number of likely N-dealkylation sites (tertiary alicyclic amines) is 2. The molecule has 1 unspecified atom stereocenters. The van der Waals surface area contributed by atoms with Gasteiger partial charge >= 0.3 is 0 Å². The summed E-state index contributed by atoms with van der Waals surface area (Å²) in [4.78, 5) is 12.6. The number of rotatable bonds is 10. The second kappa shape index (κ2) is 14.9. The maximum absolute atomic E-state index is 4.92. The number of unbranched alkanes of at least 4 members (excludes halogenated alkanes) is 2. The minimum atomic E-state index is 0. The van der Waals surface area contributed by atoms with Crippen LogP contribution in [-0.2, 0) is 0 Å². The number of likely N-dealkylation sites (N-methyl/N-ethyl adjacent to an activating group) is 1. The Balaban J connectivity index is 0.00000364. The summed E-state index contributed by atoms with van der Waals surface area (Å²) in [6.07, 6.45) is 9.37. The predicted molar refractivity (Wildman–Crippen MR) is 128 cm³/mol. The summed E-state index contributed by atoms with van der Waals surface area (Å²) < 4.78 is 0. The minimum Gasteiger partial charge on any atom is -0.357 e. The molecule has 5 nitrogen and oxygen atoms in total. The van der Waals surface area contributed by atoms with Crippen molar-refractivity contribution in [3.05, 3.63) is 0 Å². The van der Waals surface area contributed by atoms with Gasteiger partial charge in [0.15, 0.2) is 5.96 Å². The van der Waals surface area contributed by atoms with E-state index in [1.165, 1.54) is 64.6 Å². The number of piperidine rings is 1. The first kappa shape index (κ1) is 25.0. The van der Waals surface area contributed by atoms with Crippen molar-refractivity contribution in [2.45, 2.75) is 71.8 Å². The van der Waals surface area contributed by atoms with Crippen LogP contribution in [0.3, 0.4) is 0 Å². The molecule has 0 saturated carbocycles. The quantitative estimate of drug-likeness (QED) is 0.218. The fourth-order valence-electron chi connectivity index (χ4n) is 4.39. The van der Waals surface area contributed by atoms with Gasteiger partial charge in [0.2, 0.25) is 0 Å². The monoisotopic (exact) mass is 493 g/mol. The molecule has 0 radical (unpaired) electrons. The van der Waals surface area contributed by atoms with Gasteiger partial charge in [-0.15, -0.1) is 24.0 Å². The van der Waals surface area contributed by atoms with Crippen molar-refractivity contribution >= 4 is 29.9 Å². The van der Waals surface area contributed by atoms with Gasteiger partial charge in [0, 0.05) is 32.2 Å². The van der Waals surface area contributed by atoms with Crippen molar-refractivity contribution in [2.75, 3.05) is 58.9 Å². The van der Waals surface area contributed by atoms with E-state index in [2.05, 4.69) is 40.8 Å². The standard InChI is InChI=1S/C21H43N5.HI/c1-4-22-21(26-18-13-20(19-26)25(5-2)6-3)23-14-9-7-10-15-24-16-11-8-12-17-24;/h20H,4-19H2,1-3H3,(H,22,23);1H. The average molecular weight is 494 g/mol. The van der Waals surface area contributed by atoms with Crippen molar-refractivity contribution in [1.82, 2.24) is 20.0 Å². The van der Waals surface area contributed by atoms with Crippen molar-refractivity contribution in [3.63, 3.8) is 0 Å². The van der Waals surface area contributed by atoms with Gasteiger partial charge in [-0.05, 0) is 71.8 Å². The Morgan fingerprint density at radius 1 is 1.00 bits per heavy atom. The summed E-state index contributed by atoms with van der Waals surface area (Å²) in [6.45, 7) is 17.2. The molecule has 160 valence electrons. The van der Waals surface area contributed by atoms with Crippen LogP contribution < -0.4 is 5.32 Å². The molecule has 0 aromatic rings. The predicted octanol–water partition coefficient (Wildman–Crippen LogP) is 3.64. The van der Waals surface area contributed by atoms with Gasteiger partial charge in [0.05, 0.1) is 0 Å². The maximum Gasteiger partial charge on any atom is 0.193 e. The van der Waals surface area contributed by atoms with E-state index in [-0.39, 0.29) is 24.0 Å². The lowest BCUT2D eigenvalue weighted by Crippen LogP contribution is -2.43. The van der Waals surface area contributed by atoms with E-state index in [1.54, 1.807) is 0 Å². The molecule has 0 aromatic heterocycles. The molecule has 0 aromatic carbocycles. The lowest BCUT2D eigenvalue weighted by molar-refractivity contribution is 0.223. The highest BCUT2D eigenvalue weighted by Crippen LogP contribution is 2.16. The number of hydrogen-bond donors (Lipinski definition) is 1. The number of hydrogen-bond acceptors (Lipinski definition) is 3. The van der Waals surface area contributed by atoms with E-state index in [9.17, 15) is 0 Å². The average Bonchev–Trinajstić information content (AvgIpc) is 3.15. The van der Waals surface area contributed by atoms with Gasteiger partial charge in [-0.2, -0.15) is 0 Å². The molecule has 1 N–H and O–H groups in total. The summed E-state index contributed by atoms with van der Waals surface area (Å²) in [5, 5.41) is 3.51. The molecule has 6 heteroatoms. The summed E-state index contributed by atoms with van der Waals surface area (Å²) in [6, 6.07) is 0.693. The Bertz CT molecular complexity index is 394. The summed E-state index contributed by atoms with van der Waals surface area (Å²) in [5.41, 5.74) is 0. The first-order valence-electron chi connectivity index (χ1n) is 11.3.